The maximum atomic E-state index is 4.39. The molecule has 1 aromatic carbocycles. The molecule has 0 bridgehead atoms. The average Bonchev–Trinajstić information content (AvgIpc) is 3.02. The minimum Gasteiger partial charge on any atom is -0.314 e. The predicted molar refractivity (Wildman–Crippen MR) is 86.7 cm³/mol. The molecule has 1 fully saturated rings. The van der Waals surface area contributed by atoms with Gasteiger partial charge in [-0.3, -0.25) is 0 Å². The van der Waals surface area contributed by atoms with E-state index in [1.54, 1.807) is 11.3 Å². The molecule has 1 aromatic heterocycles. The molecule has 2 aliphatic carbocycles. The van der Waals surface area contributed by atoms with Crippen LogP contribution in [0, 0.1) is 0 Å². The van der Waals surface area contributed by atoms with Crippen molar-refractivity contribution in [3.05, 3.63) is 34.3 Å². The molecule has 0 atom stereocenters. The van der Waals surface area contributed by atoms with Gasteiger partial charge in [0.05, 0.1) is 0 Å². The summed E-state index contributed by atoms with van der Waals surface area (Å²) in [6.07, 6.45) is 8.70. The Labute approximate surface area is 129 Å². The third-order valence-corrected chi connectivity index (χ3v) is 5.42. The lowest BCUT2D eigenvalue weighted by molar-refractivity contribution is 0.643. The van der Waals surface area contributed by atoms with Crippen molar-refractivity contribution in [3.8, 4) is 10.6 Å². The van der Waals surface area contributed by atoms with Gasteiger partial charge >= 0.3 is 0 Å². The molecule has 4 rings (SSSR count). The molecule has 2 aliphatic rings. The molecule has 1 saturated carbocycles. The molecule has 0 aliphatic heterocycles. The fraction of sp³-hybridized carbons (Fsp3) is 0.529. The SMILES string of the molecule is c1cc2c(cc1-c1nnc(CCCNC3CC3)s1)CCC2. The lowest BCUT2D eigenvalue weighted by Gasteiger charge is -2.01. The average molecular weight is 299 g/mol. The van der Waals surface area contributed by atoms with Crippen molar-refractivity contribution in [1.29, 1.82) is 0 Å². The van der Waals surface area contributed by atoms with Crippen molar-refractivity contribution in [1.82, 2.24) is 15.5 Å². The van der Waals surface area contributed by atoms with Crippen molar-refractivity contribution >= 4 is 11.3 Å². The van der Waals surface area contributed by atoms with Crippen LogP contribution in [0.15, 0.2) is 18.2 Å². The standard InChI is InChI=1S/C17H21N3S/c1-3-12-6-7-14(11-13(12)4-1)17-20-19-16(21-17)5-2-10-18-15-8-9-15/h6-7,11,15,18H,1-5,8-10H2. The van der Waals surface area contributed by atoms with Crippen LogP contribution in [0.3, 0.4) is 0 Å². The number of aromatic nitrogens is 2. The van der Waals surface area contributed by atoms with Gasteiger partial charge in [-0.2, -0.15) is 0 Å². The van der Waals surface area contributed by atoms with Gasteiger partial charge in [-0.05, 0) is 62.3 Å². The van der Waals surface area contributed by atoms with Gasteiger partial charge in [0.1, 0.15) is 10.0 Å². The molecule has 0 amide bonds. The zero-order valence-electron chi connectivity index (χ0n) is 12.3. The minimum atomic E-state index is 0.807. The third kappa shape index (κ3) is 3.16. The molecule has 0 saturated heterocycles. The van der Waals surface area contributed by atoms with E-state index in [1.807, 2.05) is 0 Å². The molecular formula is C17H21N3S. The second kappa shape index (κ2) is 5.85. The number of nitrogens with one attached hydrogen (secondary N) is 1. The first kappa shape index (κ1) is 13.4. The van der Waals surface area contributed by atoms with E-state index in [0.717, 1.165) is 30.4 Å². The fourth-order valence-corrected chi connectivity index (χ4v) is 3.89. The first-order valence-corrected chi connectivity index (χ1v) is 8.88. The Balaban J connectivity index is 1.39. The van der Waals surface area contributed by atoms with E-state index in [1.165, 1.54) is 53.8 Å². The molecule has 0 spiro atoms. The van der Waals surface area contributed by atoms with Crippen LogP contribution < -0.4 is 5.32 Å². The van der Waals surface area contributed by atoms with Gasteiger partial charge in [-0.25, -0.2) is 0 Å². The zero-order valence-corrected chi connectivity index (χ0v) is 13.1. The molecule has 1 heterocycles. The van der Waals surface area contributed by atoms with E-state index in [-0.39, 0.29) is 0 Å². The highest BCUT2D eigenvalue weighted by atomic mass is 32.1. The number of fused-ring (bicyclic) bond motifs is 1. The Hall–Kier alpha value is -1.26. The molecular weight excluding hydrogens is 278 g/mol. The predicted octanol–water partition coefficient (Wildman–Crippen LogP) is 3.38. The normalized spacial score (nSPS) is 17.1. The number of nitrogens with zero attached hydrogens (tertiary/aromatic N) is 2. The van der Waals surface area contributed by atoms with Crippen molar-refractivity contribution in [3.63, 3.8) is 0 Å². The molecule has 1 N–H and O–H groups in total. The molecule has 110 valence electrons. The highest BCUT2D eigenvalue weighted by Crippen LogP contribution is 2.30. The summed E-state index contributed by atoms with van der Waals surface area (Å²) in [5.74, 6) is 0. The summed E-state index contributed by atoms with van der Waals surface area (Å²) in [6, 6.07) is 7.62. The van der Waals surface area contributed by atoms with Crippen LogP contribution in [0.2, 0.25) is 0 Å². The second-order valence-corrected chi connectivity index (χ2v) is 7.23. The Morgan fingerprint density at radius 3 is 2.95 bits per heavy atom. The smallest absolute Gasteiger partial charge is 0.147 e. The van der Waals surface area contributed by atoms with E-state index in [9.17, 15) is 0 Å². The summed E-state index contributed by atoms with van der Waals surface area (Å²) in [6.45, 7) is 1.11. The molecule has 2 aromatic rings. The molecule has 4 heteroatoms. The van der Waals surface area contributed by atoms with Crippen molar-refractivity contribution in [2.75, 3.05) is 6.54 Å². The van der Waals surface area contributed by atoms with Crippen LogP contribution in [0.5, 0.6) is 0 Å². The third-order valence-electron chi connectivity index (χ3n) is 4.39. The monoisotopic (exact) mass is 299 g/mol. The van der Waals surface area contributed by atoms with Gasteiger partial charge in [0.25, 0.3) is 0 Å². The first-order chi connectivity index (χ1) is 10.4. The van der Waals surface area contributed by atoms with Gasteiger partial charge in [-0.1, -0.05) is 23.5 Å². The molecule has 0 unspecified atom stereocenters. The Morgan fingerprint density at radius 1 is 1.14 bits per heavy atom. The molecule has 3 nitrogen and oxygen atoms in total. The number of benzene rings is 1. The van der Waals surface area contributed by atoms with Gasteiger partial charge in [0.15, 0.2) is 0 Å². The summed E-state index contributed by atoms with van der Waals surface area (Å²) in [5.41, 5.74) is 4.28. The zero-order chi connectivity index (χ0) is 14.1. The van der Waals surface area contributed by atoms with Crippen LogP contribution in [0.4, 0.5) is 0 Å². The highest BCUT2D eigenvalue weighted by molar-refractivity contribution is 7.14. The van der Waals surface area contributed by atoms with Crippen LogP contribution in [0.1, 0.15) is 41.8 Å². The first-order valence-electron chi connectivity index (χ1n) is 8.06. The molecule has 0 radical (unpaired) electrons. The lowest BCUT2D eigenvalue weighted by atomic mass is 10.1. The van der Waals surface area contributed by atoms with E-state index in [4.69, 9.17) is 0 Å². The van der Waals surface area contributed by atoms with Crippen molar-refractivity contribution in [2.45, 2.75) is 51.0 Å². The van der Waals surface area contributed by atoms with Crippen molar-refractivity contribution in [2.24, 2.45) is 0 Å². The molecule has 21 heavy (non-hydrogen) atoms. The van der Waals surface area contributed by atoms with Gasteiger partial charge in [0.2, 0.25) is 0 Å². The lowest BCUT2D eigenvalue weighted by Crippen LogP contribution is -2.17. The highest BCUT2D eigenvalue weighted by Gasteiger charge is 2.19. The summed E-state index contributed by atoms with van der Waals surface area (Å²) >= 11 is 1.76. The summed E-state index contributed by atoms with van der Waals surface area (Å²) in [5, 5.41) is 14.5. The van der Waals surface area contributed by atoms with E-state index < -0.39 is 0 Å². The summed E-state index contributed by atoms with van der Waals surface area (Å²) < 4.78 is 0. The number of hydrogen-bond donors (Lipinski definition) is 1. The van der Waals surface area contributed by atoms with E-state index in [2.05, 4.69) is 33.7 Å². The van der Waals surface area contributed by atoms with Gasteiger partial charge < -0.3 is 5.32 Å². The van der Waals surface area contributed by atoms with Gasteiger partial charge in [0, 0.05) is 18.0 Å². The van der Waals surface area contributed by atoms with Crippen LogP contribution >= 0.6 is 11.3 Å². The van der Waals surface area contributed by atoms with Crippen molar-refractivity contribution < 1.29 is 0 Å². The van der Waals surface area contributed by atoms with Crippen LogP contribution in [-0.4, -0.2) is 22.8 Å². The largest absolute Gasteiger partial charge is 0.314 e. The summed E-state index contributed by atoms with van der Waals surface area (Å²) in [4.78, 5) is 0. The Bertz CT molecular complexity index is 631. The van der Waals surface area contributed by atoms with Crippen LogP contribution in [-0.2, 0) is 19.3 Å². The maximum Gasteiger partial charge on any atom is 0.147 e. The second-order valence-electron chi connectivity index (χ2n) is 6.17. The van der Waals surface area contributed by atoms with Gasteiger partial charge in [-0.15, -0.1) is 10.2 Å². The quantitative estimate of drug-likeness (QED) is 0.831. The Kier molecular flexibility index (Phi) is 3.74. The number of aryl methyl sites for hydroxylation is 3. The summed E-state index contributed by atoms with van der Waals surface area (Å²) in [7, 11) is 0. The topological polar surface area (TPSA) is 37.8 Å². The van der Waals surface area contributed by atoms with E-state index >= 15 is 0 Å². The van der Waals surface area contributed by atoms with Crippen LogP contribution in [0.25, 0.3) is 10.6 Å². The number of rotatable bonds is 6. The number of hydrogen-bond acceptors (Lipinski definition) is 4. The fourth-order valence-electron chi connectivity index (χ4n) is 3.01. The Morgan fingerprint density at radius 2 is 2.05 bits per heavy atom. The van der Waals surface area contributed by atoms with E-state index in [0.29, 0.717) is 0 Å². The minimum absolute atomic E-state index is 0.807. The maximum absolute atomic E-state index is 4.39.